The number of amides is 2. The molecule has 0 radical (unpaired) electrons. The second-order valence-corrected chi connectivity index (χ2v) is 6.73. The average molecular weight is 347 g/mol. The molecule has 0 saturated heterocycles. The molecule has 132 valence electrons. The number of aromatic nitrogens is 1. The maximum atomic E-state index is 12.6. The van der Waals surface area contributed by atoms with Crippen LogP contribution in [0.2, 0.25) is 0 Å². The molecule has 2 aromatic carbocycles. The molecule has 26 heavy (non-hydrogen) atoms. The molecule has 0 atom stereocenters. The Kier molecular flexibility index (Phi) is 4.21. The van der Waals surface area contributed by atoms with E-state index < -0.39 is 0 Å². The summed E-state index contributed by atoms with van der Waals surface area (Å²) < 4.78 is 0. The molecule has 0 fully saturated rings. The molecular formula is C21H21N3O2. The number of hydrogen-bond acceptors (Lipinski definition) is 2. The summed E-state index contributed by atoms with van der Waals surface area (Å²) in [5, 5.41) is 3.72. The van der Waals surface area contributed by atoms with Crippen LogP contribution in [0.1, 0.15) is 28.0 Å². The first kappa shape index (κ1) is 16.4. The Morgan fingerprint density at radius 2 is 2.00 bits per heavy atom. The van der Waals surface area contributed by atoms with Crippen LogP contribution in [0.15, 0.2) is 48.5 Å². The first-order valence-corrected chi connectivity index (χ1v) is 8.88. The maximum absolute atomic E-state index is 12.6. The molecule has 1 aliphatic rings. The van der Waals surface area contributed by atoms with Gasteiger partial charge in [0.05, 0.1) is 6.54 Å². The maximum Gasteiger partial charge on any atom is 0.268 e. The van der Waals surface area contributed by atoms with Crippen LogP contribution in [-0.4, -0.2) is 29.9 Å². The normalized spacial score (nSPS) is 13.5. The van der Waals surface area contributed by atoms with E-state index in [9.17, 15) is 9.59 Å². The van der Waals surface area contributed by atoms with Gasteiger partial charge in [0, 0.05) is 23.1 Å². The van der Waals surface area contributed by atoms with E-state index in [1.165, 1.54) is 5.56 Å². The molecule has 1 aromatic heterocycles. The predicted molar refractivity (Wildman–Crippen MR) is 102 cm³/mol. The summed E-state index contributed by atoms with van der Waals surface area (Å²) >= 11 is 0. The third-order valence-corrected chi connectivity index (χ3v) is 4.83. The van der Waals surface area contributed by atoms with Crippen LogP contribution in [0.5, 0.6) is 0 Å². The molecular weight excluding hydrogens is 326 g/mol. The van der Waals surface area contributed by atoms with Crippen LogP contribution in [-0.2, 0) is 11.2 Å². The lowest BCUT2D eigenvalue weighted by Gasteiger charge is -2.29. The minimum atomic E-state index is -0.266. The fourth-order valence-corrected chi connectivity index (χ4v) is 3.50. The molecule has 0 bridgehead atoms. The topological polar surface area (TPSA) is 65.2 Å². The van der Waals surface area contributed by atoms with Gasteiger partial charge in [0.25, 0.3) is 5.91 Å². The van der Waals surface area contributed by atoms with Crippen molar-refractivity contribution in [3.8, 4) is 0 Å². The van der Waals surface area contributed by atoms with Crippen molar-refractivity contribution in [3.63, 3.8) is 0 Å². The van der Waals surface area contributed by atoms with Crippen molar-refractivity contribution in [1.29, 1.82) is 0 Å². The minimum absolute atomic E-state index is 0.0123. The summed E-state index contributed by atoms with van der Waals surface area (Å²) in [5.41, 5.74) is 4.66. The van der Waals surface area contributed by atoms with E-state index >= 15 is 0 Å². The highest BCUT2D eigenvalue weighted by Crippen LogP contribution is 2.26. The van der Waals surface area contributed by atoms with Gasteiger partial charge in [-0.05, 0) is 49.1 Å². The Labute approximate surface area is 152 Å². The minimum Gasteiger partial charge on any atom is -0.351 e. The van der Waals surface area contributed by atoms with Crippen LogP contribution in [0.25, 0.3) is 10.9 Å². The zero-order chi connectivity index (χ0) is 18.1. The lowest BCUT2D eigenvalue weighted by molar-refractivity contribution is -0.117. The van der Waals surface area contributed by atoms with Gasteiger partial charge in [-0.25, -0.2) is 0 Å². The molecule has 5 nitrogen and oxygen atoms in total. The van der Waals surface area contributed by atoms with Crippen molar-refractivity contribution in [2.24, 2.45) is 0 Å². The second-order valence-electron chi connectivity index (χ2n) is 6.73. The molecule has 4 rings (SSSR count). The van der Waals surface area contributed by atoms with E-state index in [2.05, 4.69) is 16.4 Å². The molecule has 0 spiro atoms. The van der Waals surface area contributed by atoms with Gasteiger partial charge < -0.3 is 15.2 Å². The van der Waals surface area contributed by atoms with Gasteiger partial charge in [0.15, 0.2) is 0 Å². The third-order valence-electron chi connectivity index (χ3n) is 4.83. The number of nitrogens with one attached hydrogen (secondary N) is 2. The van der Waals surface area contributed by atoms with E-state index in [-0.39, 0.29) is 18.4 Å². The third kappa shape index (κ3) is 3.08. The van der Waals surface area contributed by atoms with Crippen LogP contribution in [0.4, 0.5) is 5.69 Å². The van der Waals surface area contributed by atoms with Crippen molar-refractivity contribution < 1.29 is 9.59 Å². The van der Waals surface area contributed by atoms with E-state index in [1.807, 2.05) is 49.4 Å². The van der Waals surface area contributed by atoms with Gasteiger partial charge in [-0.2, -0.15) is 0 Å². The van der Waals surface area contributed by atoms with Gasteiger partial charge in [-0.3, -0.25) is 9.59 Å². The Bertz CT molecular complexity index is 990. The number of carbonyl (C=O) groups is 2. The van der Waals surface area contributed by atoms with Gasteiger partial charge in [0.2, 0.25) is 5.91 Å². The standard InChI is InChI=1S/C21H21N3O2/c1-14-8-9-16-12-18(23-17(16)11-14)21(26)22-13-20(25)24-10-4-6-15-5-2-3-7-19(15)24/h2-3,5,7-9,11-12,23H,4,6,10,13H2,1H3,(H,22,26). The zero-order valence-corrected chi connectivity index (χ0v) is 14.7. The Morgan fingerprint density at radius 1 is 1.15 bits per heavy atom. The number of H-pyrrole nitrogens is 1. The van der Waals surface area contributed by atoms with Gasteiger partial charge in [-0.15, -0.1) is 0 Å². The van der Waals surface area contributed by atoms with Crippen molar-refractivity contribution in [2.45, 2.75) is 19.8 Å². The number of hydrogen-bond donors (Lipinski definition) is 2. The predicted octanol–water partition coefficient (Wildman–Crippen LogP) is 3.19. The smallest absolute Gasteiger partial charge is 0.268 e. The van der Waals surface area contributed by atoms with Crippen LogP contribution >= 0.6 is 0 Å². The second kappa shape index (κ2) is 6.67. The average Bonchev–Trinajstić information content (AvgIpc) is 3.08. The van der Waals surface area contributed by atoms with Crippen LogP contribution in [0.3, 0.4) is 0 Å². The number of aryl methyl sites for hydroxylation is 2. The Balaban J connectivity index is 1.45. The monoisotopic (exact) mass is 347 g/mol. The summed E-state index contributed by atoms with van der Waals surface area (Å²) in [6, 6.07) is 15.8. The van der Waals surface area contributed by atoms with Crippen molar-refractivity contribution in [3.05, 3.63) is 65.4 Å². The molecule has 2 amide bonds. The molecule has 2 heterocycles. The SMILES string of the molecule is Cc1ccc2cc(C(=O)NCC(=O)N3CCCc4ccccc43)[nH]c2c1. The highest BCUT2D eigenvalue weighted by atomic mass is 16.2. The lowest BCUT2D eigenvalue weighted by atomic mass is 10.0. The number of aromatic amines is 1. The number of benzene rings is 2. The number of rotatable bonds is 3. The first-order valence-electron chi connectivity index (χ1n) is 8.88. The van der Waals surface area contributed by atoms with Gasteiger partial charge in [0.1, 0.15) is 5.69 Å². The summed E-state index contributed by atoms with van der Waals surface area (Å²) in [6.45, 7) is 2.69. The van der Waals surface area contributed by atoms with Crippen LogP contribution < -0.4 is 10.2 Å². The van der Waals surface area contributed by atoms with Crippen molar-refractivity contribution >= 4 is 28.4 Å². The summed E-state index contributed by atoms with van der Waals surface area (Å²) in [4.78, 5) is 29.9. The van der Waals surface area contributed by atoms with Gasteiger partial charge in [-0.1, -0.05) is 30.3 Å². The molecule has 1 aliphatic heterocycles. The van der Waals surface area contributed by atoms with Crippen molar-refractivity contribution in [1.82, 2.24) is 10.3 Å². The molecule has 0 unspecified atom stereocenters. The quantitative estimate of drug-likeness (QED) is 0.764. The fraction of sp³-hybridized carbons (Fsp3) is 0.238. The van der Waals surface area contributed by atoms with E-state index in [0.29, 0.717) is 12.2 Å². The van der Waals surface area contributed by atoms with E-state index in [1.54, 1.807) is 4.90 Å². The molecule has 0 aliphatic carbocycles. The Morgan fingerprint density at radius 3 is 2.88 bits per heavy atom. The van der Waals surface area contributed by atoms with Crippen molar-refractivity contribution in [2.75, 3.05) is 18.0 Å². The number of carbonyl (C=O) groups excluding carboxylic acids is 2. The Hall–Kier alpha value is -3.08. The summed E-state index contributed by atoms with van der Waals surface area (Å²) in [7, 11) is 0. The van der Waals surface area contributed by atoms with E-state index in [4.69, 9.17) is 0 Å². The van der Waals surface area contributed by atoms with Crippen LogP contribution in [0, 0.1) is 6.92 Å². The molecule has 0 saturated carbocycles. The number of anilines is 1. The summed E-state index contributed by atoms with van der Waals surface area (Å²) in [6.07, 6.45) is 1.93. The summed E-state index contributed by atoms with van der Waals surface area (Å²) in [5.74, 6) is -0.352. The van der Waals surface area contributed by atoms with Gasteiger partial charge >= 0.3 is 0 Å². The largest absolute Gasteiger partial charge is 0.351 e. The number of fused-ring (bicyclic) bond motifs is 2. The van der Waals surface area contributed by atoms with E-state index in [0.717, 1.165) is 35.0 Å². The fourth-order valence-electron chi connectivity index (χ4n) is 3.50. The first-order chi connectivity index (χ1) is 12.6. The molecule has 2 N–H and O–H groups in total. The highest BCUT2D eigenvalue weighted by molar-refractivity contribution is 6.02. The number of nitrogens with zero attached hydrogens (tertiary/aromatic N) is 1. The number of para-hydroxylation sites is 1. The molecule has 3 aromatic rings. The highest BCUT2D eigenvalue weighted by Gasteiger charge is 2.22. The molecule has 5 heteroatoms. The zero-order valence-electron chi connectivity index (χ0n) is 14.7. The lowest BCUT2D eigenvalue weighted by Crippen LogP contribution is -2.42.